The van der Waals surface area contributed by atoms with Crippen LogP contribution in [0.25, 0.3) is 10.9 Å². The Morgan fingerprint density at radius 1 is 1.18 bits per heavy atom. The highest BCUT2D eigenvalue weighted by molar-refractivity contribution is 6.05. The lowest BCUT2D eigenvalue weighted by molar-refractivity contribution is 0.0768. The molecule has 0 spiro atoms. The third-order valence-corrected chi connectivity index (χ3v) is 3.66. The van der Waals surface area contributed by atoms with Crippen LogP contribution in [-0.4, -0.2) is 42.0 Å². The van der Waals surface area contributed by atoms with Gasteiger partial charge in [0.05, 0.1) is 11.1 Å². The van der Waals surface area contributed by atoms with Crippen LogP contribution in [0, 0.1) is 5.82 Å². The van der Waals surface area contributed by atoms with Crippen molar-refractivity contribution in [3.63, 3.8) is 0 Å². The number of rotatable bonds is 1. The van der Waals surface area contributed by atoms with Crippen molar-refractivity contribution < 1.29 is 9.18 Å². The summed E-state index contributed by atoms with van der Waals surface area (Å²) in [6.07, 6.45) is 0.876. The number of aromatic nitrogens is 1. The molecule has 0 radical (unpaired) electrons. The van der Waals surface area contributed by atoms with E-state index in [4.69, 9.17) is 0 Å². The van der Waals surface area contributed by atoms with Crippen molar-refractivity contribution in [3.05, 3.63) is 46.0 Å². The van der Waals surface area contributed by atoms with Crippen molar-refractivity contribution in [2.24, 2.45) is 0 Å². The Bertz CT molecular complexity index is 739. The largest absolute Gasteiger partial charge is 0.337 e. The van der Waals surface area contributed by atoms with Crippen molar-refractivity contribution in [1.29, 1.82) is 0 Å². The van der Waals surface area contributed by atoms with Gasteiger partial charge in [-0.25, -0.2) is 4.39 Å². The van der Waals surface area contributed by atoms with E-state index in [1.165, 1.54) is 24.3 Å². The van der Waals surface area contributed by atoms with E-state index in [2.05, 4.69) is 10.3 Å². The zero-order valence-corrected chi connectivity index (χ0v) is 12.7. The molecule has 3 rings (SSSR count). The number of nitrogens with zero attached hydrogens (tertiary/aromatic N) is 1. The molecule has 22 heavy (non-hydrogen) atoms. The zero-order chi connectivity index (χ0) is 14.8. The number of H-pyrrole nitrogens is 1. The Morgan fingerprint density at radius 3 is 2.82 bits per heavy atom. The van der Waals surface area contributed by atoms with Crippen molar-refractivity contribution >= 4 is 29.2 Å². The predicted molar refractivity (Wildman–Crippen MR) is 85.2 cm³/mol. The third kappa shape index (κ3) is 3.28. The van der Waals surface area contributed by atoms with Crippen molar-refractivity contribution in [2.75, 3.05) is 26.2 Å². The number of carbonyl (C=O) groups excluding carboxylic acids is 1. The van der Waals surface area contributed by atoms with Gasteiger partial charge in [0.15, 0.2) is 0 Å². The maximum Gasteiger partial charge on any atom is 0.254 e. The Morgan fingerprint density at radius 2 is 2.00 bits per heavy atom. The van der Waals surface area contributed by atoms with E-state index in [0.717, 1.165) is 19.5 Å². The molecule has 1 aromatic carbocycles. The summed E-state index contributed by atoms with van der Waals surface area (Å²) >= 11 is 0. The van der Waals surface area contributed by atoms with Gasteiger partial charge < -0.3 is 15.2 Å². The van der Waals surface area contributed by atoms with Crippen LogP contribution in [0.2, 0.25) is 0 Å². The first-order valence-corrected chi connectivity index (χ1v) is 6.98. The van der Waals surface area contributed by atoms with Gasteiger partial charge in [0.2, 0.25) is 5.56 Å². The summed E-state index contributed by atoms with van der Waals surface area (Å²) in [7, 11) is 0. The Labute approximate surface area is 132 Å². The molecular formula is C15H17ClFN3O2. The van der Waals surface area contributed by atoms with E-state index < -0.39 is 11.4 Å². The van der Waals surface area contributed by atoms with Crippen LogP contribution < -0.4 is 10.9 Å². The summed E-state index contributed by atoms with van der Waals surface area (Å²) in [5, 5.41) is 3.80. The van der Waals surface area contributed by atoms with Gasteiger partial charge in [0.25, 0.3) is 5.91 Å². The minimum Gasteiger partial charge on any atom is -0.337 e. The number of nitrogens with one attached hydrogen (secondary N) is 2. The fraction of sp³-hybridized carbons (Fsp3) is 0.333. The molecule has 1 aliphatic heterocycles. The van der Waals surface area contributed by atoms with E-state index in [0.29, 0.717) is 29.6 Å². The number of hydrogen-bond acceptors (Lipinski definition) is 3. The molecule has 1 aliphatic rings. The van der Waals surface area contributed by atoms with Crippen molar-refractivity contribution in [1.82, 2.24) is 15.2 Å². The van der Waals surface area contributed by atoms with Crippen LogP contribution in [0.3, 0.4) is 0 Å². The molecule has 1 aromatic heterocycles. The Balaban J connectivity index is 0.00000176. The van der Waals surface area contributed by atoms with Gasteiger partial charge in [-0.15, -0.1) is 12.4 Å². The van der Waals surface area contributed by atoms with Crippen LogP contribution in [0.15, 0.2) is 29.1 Å². The fourth-order valence-electron chi connectivity index (χ4n) is 2.63. The molecule has 1 amide bonds. The molecule has 0 unspecified atom stereocenters. The highest BCUT2D eigenvalue weighted by atomic mass is 35.5. The summed E-state index contributed by atoms with van der Waals surface area (Å²) in [4.78, 5) is 28.7. The monoisotopic (exact) mass is 325 g/mol. The Kier molecular flexibility index (Phi) is 5.15. The van der Waals surface area contributed by atoms with Gasteiger partial charge in [-0.2, -0.15) is 0 Å². The van der Waals surface area contributed by atoms with Gasteiger partial charge in [-0.1, -0.05) is 0 Å². The summed E-state index contributed by atoms with van der Waals surface area (Å²) in [6.45, 7) is 2.88. The summed E-state index contributed by atoms with van der Waals surface area (Å²) in [6, 6.07) is 5.35. The highest BCUT2D eigenvalue weighted by Gasteiger charge is 2.20. The van der Waals surface area contributed by atoms with Gasteiger partial charge in [0.1, 0.15) is 5.82 Å². The number of carbonyl (C=O) groups is 1. The van der Waals surface area contributed by atoms with E-state index in [-0.39, 0.29) is 18.3 Å². The second kappa shape index (κ2) is 6.89. The molecule has 5 nitrogen and oxygen atoms in total. The number of pyridine rings is 1. The van der Waals surface area contributed by atoms with Crippen LogP contribution in [-0.2, 0) is 0 Å². The molecule has 1 saturated heterocycles. The number of halogens is 2. The average molecular weight is 326 g/mol. The quantitative estimate of drug-likeness (QED) is 0.835. The second-order valence-corrected chi connectivity index (χ2v) is 5.13. The maximum atomic E-state index is 13.3. The number of fused-ring (bicyclic) bond motifs is 1. The van der Waals surface area contributed by atoms with Crippen LogP contribution in [0.1, 0.15) is 16.8 Å². The SMILES string of the molecule is Cl.O=C(c1cc(=O)[nH]c2cc(F)ccc12)N1CCCNCC1. The molecule has 1 fully saturated rings. The first-order valence-electron chi connectivity index (χ1n) is 6.98. The van der Waals surface area contributed by atoms with Crippen molar-refractivity contribution in [2.45, 2.75) is 6.42 Å². The molecule has 2 N–H and O–H groups in total. The maximum absolute atomic E-state index is 13.3. The molecule has 0 bridgehead atoms. The minimum absolute atomic E-state index is 0. The smallest absolute Gasteiger partial charge is 0.254 e. The predicted octanol–water partition coefficient (Wildman–Crippen LogP) is 1.52. The number of hydrogen-bond donors (Lipinski definition) is 2. The second-order valence-electron chi connectivity index (χ2n) is 5.13. The lowest BCUT2D eigenvalue weighted by Gasteiger charge is -2.20. The summed E-state index contributed by atoms with van der Waals surface area (Å²) in [5.41, 5.74) is 0.277. The van der Waals surface area contributed by atoms with E-state index >= 15 is 0 Å². The van der Waals surface area contributed by atoms with Crippen LogP contribution >= 0.6 is 12.4 Å². The third-order valence-electron chi connectivity index (χ3n) is 3.66. The molecule has 118 valence electrons. The normalized spacial score (nSPS) is 15.2. The first-order chi connectivity index (χ1) is 10.1. The van der Waals surface area contributed by atoms with Crippen molar-refractivity contribution in [3.8, 4) is 0 Å². The van der Waals surface area contributed by atoms with Gasteiger partial charge >= 0.3 is 0 Å². The average Bonchev–Trinajstić information content (AvgIpc) is 2.74. The highest BCUT2D eigenvalue weighted by Crippen LogP contribution is 2.18. The van der Waals surface area contributed by atoms with Crippen LogP contribution in [0.5, 0.6) is 0 Å². The van der Waals surface area contributed by atoms with E-state index in [9.17, 15) is 14.0 Å². The molecule has 0 atom stereocenters. The van der Waals surface area contributed by atoms with Gasteiger partial charge in [-0.05, 0) is 31.2 Å². The van der Waals surface area contributed by atoms with Gasteiger partial charge in [0, 0.05) is 31.1 Å². The number of aromatic amines is 1. The first kappa shape index (κ1) is 16.5. The van der Waals surface area contributed by atoms with E-state index in [1.807, 2.05) is 0 Å². The van der Waals surface area contributed by atoms with Gasteiger partial charge in [-0.3, -0.25) is 9.59 Å². The lowest BCUT2D eigenvalue weighted by atomic mass is 10.1. The minimum atomic E-state index is -0.443. The molecular weight excluding hydrogens is 309 g/mol. The molecule has 0 saturated carbocycles. The fourth-order valence-corrected chi connectivity index (χ4v) is 2.63. The summed E-state index contributed by atoms with van der Waals surface area (Å²) < 4.78 is 13.3. The zero-order valence-electron chi connectivity index (χ0n) is 11.9. The number of benzene rings is 1. The standard InChI is InChI=1S/C15H16FN3O2.ClH/c16-10-2-3-11-12(9-14(20)18-13(11)8-10)15(21)19-6-1-4-17-5-7-19;/h2-3,8-9,17H,1,4-7H2,(H,18,20);1H. The van der Waals surface area contributed by atoms with E-state index in [1.54, 1.807) is 4.90 Å². The molecule has 7 heteroatoms. The van der Waals surface area contributed by atoms with Crippen LogP contribution in [0.4, 0.5) is 4.39 Å². The number of amides is 1. The molecule has 2 heterocycles. The topological polar surface area (TPSA) is 65.2 Å². The molecule has 2 aromatic rings. The Hall–Kier alpha value is -1.92. The molecule has 0 aliphatic carbocycles. The summed E-state index contributed by atoms with van der Waals surface area (Å²) in [5.74, 6) is -0.622. The lowest BCUT2D eigenvalue weighted by Crippen LogP contribution is -2.34.